The molecule has 3 aromatic rings. The van der Waals surface area contributed by atoms with Gasteiger partial charge in [-0.2, -0.15) is 0 Å². The second-order valence-corrected chi connectivity index (χ2v) is 11.6. The van der Waals surface area contributed by atoms with Gasteiger partial charge in [0.1, 0.15) is 17.1 Å². The van der Waals surface area contributed by atoms with E-state index in [9.17, 15) is 4.79 Å². The van der Waals surface area contributed by atoms with Crippen molar-refractivity contribution in [2.45, 2.75) is 31.7 Å². The van der Waals surface area contributed by atoms with Crippen LogP contribution in [0.2, 0.25) is 10.0 Å². The lowest BCUT2D eigenvalue weighted by atomic mass is 10.1. The van der Waals surface area contributed by atoms with Gasteiger partial charge in [-0.25, -0.2) is 0 Å². The lowest BCUT2D eigenvalue weighted by molar-refractivity contribution is -0.870. The Balaban J connectivity index is 1.37. The molecule has 0 atom stereocenters. The molecular formula is C29H33Cl2N4O2+. The highest BCUT2D eigenvalue weighted by Crippen LogP contribution is 2.41. The number of quaternary nitrogens is 1. The summed E-state index contributed by atoms with van der Waals surface area (Å²) in [4.78, 5) is 22.3. The van der Waals surface area contributed by atoms with E-state index in [1.165, 1.54) is 12.8 Å². The summed E-state index contributed by atoms with van der Waals surface area (Å²) in [5, 5.41) is 1.07. The SMILES string of the molecule is C[N+](C)(C)CCCc1cc(Cl)c(Oc2ccncc2C(=O)N2CCN(C3CC3)c3ccccc32)cc1Cl. The van der Waals surface area contributed by atoms with Crippen molar-refractivity contribution in [2.24, 2.45) is 0 Å². The normalized spacial score (nSPS) is 15.5. The van der Waals surface area contributed by atoms with Gasteiger partial charge in [-0.15, -0.1) is 0 Å². The van der Waals surface area contributed by atoms with E-state index in [4.69, 9.17) is 27.9 Å². The van der Waals surface area contributed by atoms with E-state index in [1.807, 2.05) is 29.2 Å². The summed E-state index contributed by atoms with van der Waals surface area (Å²) >= 11 is 13.2. The van der Waals surface area contributed by atoms with Crippen molar-refractivity contribution in [1.29, 1.82) is 0 Å². The number of hydrogen-bond acceptors (Lipinski definition) is 4. The Morgan fingerprint density at radius 3 is 2.51 bits per heavy atom. The quantitative estimate of drug-likeness (QED) is 0.308. The summed E-state index contributed by atoms with van der Waals surface area (Å²) in [5.74, 6) is 0.671. The Morgan fingerprint density at radius 1 is 1.03 bits per heavy atom. The van der Waals surface area contributed by atoms with Gasteiger partial charge in [0.15, 0.2) is 0 Å². The van der Waals surface area contributed by atoms with Crippen LogP contribution in [0.4, 0.5) is 11.4 Å². The van der Waals surface area contributed by atoms with Gasteiger partial charge in [0.25, 0.3) is 5.91 Å². The predicted octanol–water partition coefficient (Wildman–Crippen LogP) is 6.45. The Bertz CT molecular complexity index is 1300. The fourth-order valence-corrected chi connectivity index (χ4v) is 5.31. The van der Waals surface area contributed by atoms with Crippen molar-refractivity contribution < 1.29 is 14.0 Å². The summed E-state index contributed by atoms with van der Waals surface area (Å²) < 4.78 is 7.08. The first-order chi connectivity index (χ1) is 17.7. The number of anilines is 2. The first-order valence-corrected chi connectivity index (χ1v) is 13.5. The highest BCUT2D eigenvalue weighted by molar-refractivity contribution is 6.34. The predicted molar refractivity (Wildman–Crippen MR) is 150 cm³/mol. The average Bonchev–Trinajstić information content (AvgIpc) is 3.71. The Morgan fingerprint density at radius 2 is 1.78 bits per heavy atom. The molecule has 2 aliphatic rings. The topological polar surface area (TPSA) is 45.7 Å². The highest BCUT2D eigenvalue weighted by Gasteiger charge is 2.36. The first kappa shape index (κ1) is 25.8. The maximum atomic E-state index is 13.8. The average molecular weight is 541 g/mol. The fourth-order valence-electron chi connectivity index (χ4n) is 4.84. The van der Waals surface area contributed by atoms with Crippen molar-refractivity contribution in [1.82, 2.24) is 4.98 Å². The molecule has 0 radical (unpaired) electrons. The molecule has 0 bridgehead atoms. The summed E-state index contributed by atoms with van der Waals surface area (Å²) in [6, 6.07) is 14.0. The fraction of sp³-hybridized carbons (Fsp3) is 0.379. The number of para-hydroxylation sites is 2. The molecule has 1 aliphatic carbocycles. The molecule has 5 rings (SSSR count). The van der Waals surface area contributed by atoms with E-state index in [1.54, 1.807) is 24.5 Å². The Kier molecular flexibility index (Phi) is 7.35. The number of halogens is 2. The van der Waals surface area contributed by atoms with Crippen molar-refractivity contribution in [3.63, 3.8) is 0 Å². The molecule has 1 aliphatic heterocycles. The van der Waals surface area contributed by atoms with Crippen LogP contribution < -0.4 is 14.5 Å². The molecule has 1 saturated carbocycles. The van der Waals surface area contributed by atoms with Crippen molar-refractivity contribution in [2.75, 3.05) is 50.6 Å². The molecule has 2 aromatic carbocycles. The van der Waals surface area contributed by atoms with Crippen LogP contribution in [-0.4, -0.2) is 62.2 Å². The maximum absolute atomic E-state index is 13.8. The molecule has 1 amide bonds. The maximum Gasteiger partial charge on any atom is 0.263 e. The van der Waals surface area contributed by atoms with Gasteiger partial charge in [-0.05, 0) is 49.1 Å². The number of fused-ring (bicyclic) bond motifs is 1. The number of benzene rings is 2. The number of aromatic nitrogens is 1. The number of amides is 1. The van der Waals surface area contributed by atoms with Crippen LogP contribution in [0.5, 0.6) is 11.5 Å². The van der Waals surface area contributed by atoms with Crippen LogP contribution in [0.25, 0.3) is 0 Å². The van der Waals surface area contributed by atoms with E-state index < -0.39 is 0 Å². The highest BCUT2D eigenvalue weighted by atomic mass is 35.5. The molecule has 8 heteroatoms. The van der Waals surface area contributed by atoms with Crippen LogP contribution in [0.15, 0.2) is 54.9 Å². The molecule has 1 fully saturated rings. The van der Waals surface area contributed by atoms with Gasteiger partial charge in [-0.3, -0.25) is 9.78 Å². The minimum atomic E-state index is -0.148. The van der Waals surface area contributed by atoms with E-state index in [2.05, 4.69) is 37.1 Å². The lowest BCUT2D eigenvalue weighted by Gasteiger charge is -2.38. The zero-order chi connectivity index (χ0) is 26.2. The van der Waals surface area contributed by atoms with E-state index in [-0.39, 0.29) is 5.91 Å². The van der Waals surface area contributed by atoms with Gasteiger partial charge in [0, 0.05) is 49.0 Å². The standard InChI is InChI=1S/C29H33Cl2N4O2/c1-35(2,3)16-6-7-20-17-24(31)28(18-23(20)30)37-27-12-13-32-19-22(27)29(36)34-15-14-33(21-10-11-21)25-8-4-5-9-26(25)34/h4-5,8-9,12-13,17-19,21H,6-7,10-11,14-16H2,1-3H3/q+1. The molecule has 0 spiro atoms. The Hall–Kier alpha value is -2.80. The number of aryl methyl sites for hydroxylation is 1. The largest absolute Gasteiger partial charge is 0.455 e. The third-order valence-electron chi connectivity index (χ3n) is 6.89. The van der Waals surface area contributed by atoms with Gasteiger partial charge in [0.05, 0.1) is 44.1 Å². The van der Waals surface area contributed by atoms with Crippen molar-refractivity contribution >= 4 is 40.5 Å². The molecule has 0 N–H and O–H groups in total. The zero-order valence-electron chi connectivity index (χ0n) is 21.6. The minimum absolute atomic E-state index is 0.148. The number of carbonyl (C=O) groups excluding carboxylic acids is 1. The van der Waals surface area contributed by atoms with E-state index >= 15 is 0 Å². The number of rotatable bonds is 8. The minimum Gasteiger partial charge on any atom is -0.455 e. The second-order valence-electron chi connectivity index (χ2n) is 10.8. The van der Waals surface area contributed by atoms with Crippen LogP contribution >= 0.6 is 23.2 Å². The van der Waals surface area contributed by atoms with Crippen molar-refractivity contribution in [3.05, 3.63) is 76.0 Å². The number of pyridine rings is 1. The van der Waals surface area contributed by atoms with Gasteiger partial charge in [0.2, 0.25) is 0 Å². The molecule has 0 saturated heterocycles. The monoisotopic (exact) mass is 539 g/mol. The summed E-state index contributed by atoms with van der Waals surface area (Å²) in [6.07, 6.45) is 7.42. The number of nitrogens with zero attached hydrogens (tertiary/aromatic N) is 4. The second kappa shape index (κ2) is 10.5. The molecule has 37 heavy (non-hydrogen) atoms. The third kappa shape index (κ3) is 5.87. The van der Waals surface area contributed by atoms with E-state index in [0.717, 1.165) is 47.4 Å². The molecule has 6 nitrogen and oxygen atoms in total. The summed E-state index contributed by atoms with van der Waals surface area (Å²) in [6.45, 7) is 2.45. The van der Waals surface area contributed by atoms with Crippen LogP contribution in [0.3, 0.4) is 0 Å². The summed E-state index contributed by atoms with van der Waals surface area (Å²) in [5.41, 5.74) is 3.39. The third-order valence-corrected chi connectivity index (χ3v) is 7.53. The van der Waals surface area contributed by atoms with Gasteiger partial charge in [-0.1, -0.05) is 35.3 Å². The van der Waals surface area contributed by atoms with Gasteiger partial charge < -0.3 is 19.0 Å². The summed E-state index contributed by atoms with van der Waals surface area (Å²) in [7, 11) is 6.51. The van der Waals surface area contributed by atoms with E-state index in [0.29, 0.717) is 39.7 Å². The van der Waals surface area contributed by atoms with Crippen LogP contribution in [0, 0.1) is 0 Å². The molecule has 2 heterocycles. The van der Waals surface area contributed by atoms with Crippen LogP contribution in [0.1, 0.15) is 35.2 Å². The molecule has 194 valence electrons. The van der Waals surface area contributed by atoms with Gasteiger partial charge >= 0.3 is 0 Å². The zero-order valence-corrected chi connectivity index (χ0v) is 23.1. The van der Waals surface area contributed by atoms with Crippen molar-refractivity contribution in [3.8, 4) is 11.5 Å². The smallest absolute Gasteiger partial charge is 0.263 e. The Labute approximate surface area is 229 Å². The lowest BCUT2D eigenvalue weighted by Crippen LogP contribution is -2.45. The molecular weight excluding hydrogens is 507 g/mol. The van der Waals surface area contributed by atoms with Crippen LogP contribution in [-0.2, 0) is 6.42 Å². The molecule has 1 aromatic heterocycles. The molecule has 0 unspecified atom stereocenters. The number of ether oxygens (including phenoxy) is 1. The first-order valence-electron chi connectivity index (χ1n) is 12.8. The number of hydrogen-bond donors (Lipinski definition) is 0. The number of carbonyl (C=O) groups is 1.